The highest BCUT2D eigenvalue weighted by atomic mass is 35.5. The van der Waals surface area contributed by atoms with Gasteiger partial charge in [0.25, 0.3) is 0 Å². The maximum absolute atomic E-state index is 12.0. The fourth-order valence-corrected chi connectivity index (χ4v) is 2.62. The lowest BCUT2D eigenvalue weighted by molar-refractivity contribution is 0.144. The zero-order valence-electron chi connectivity index (χ0n) is 11.1. The number of urea groups is 1. The Morgan fingerprint density at radius 2 is 2.10 bits per heavy atom. The first-order valence-corrected chi connectivity index (χ1v) is 6.96. The van der Waals surface area contributed by atoms with Crippen molar-refractivity contribution in [1.82, 2.24) is 10.3 Å². The molecule has 0 unspecified atom stereocenters. The first-order chi connectivity index (χ1) is 10.1. The van der Waals surface area contributed by atoms with Gasteiger partial charge in [-0.25, -0.2) is 9.78 Å². The number of carbonyl (C=O) groups excluding carboxylic acids is 1. The molecule has 0 aliphatic heterocycles. The molecule has 1 aliphatic carbocycles. The number of amides is 2. The van der Waals surface area contributed by atoms with E-state index in [1.165, 1.54) is 6.20 Å². The summed E-state index contributed by atoms with van der Waals surface area (Å²) in [4.78, 5) is 15.9. The van der Waals surface area contributed by atoms with Crippen molar-refractivity contribution in [3.05, 3.63) is 58.9 Å². The molecule has 0 spiro atoms. The summed E-state index contributed by atoms with van der Waals surface area (Å²) in [6.07, 6.45) is 1.40. The molecule has 6 heteroatoms. The van der Waals surface area contributed by atoms with Crippen molar-refractivity contribution in [2.75, 3.05) is 5.32 Å². The lowest BCUT2D eigenvalue weighted by Gasteiger charge is -2.18. The van der Waals surface area contributed by atoms with Crippen LogP contribution in [0.25, 0.3) is 0 Å². The molecule has 1 aromatic heterocycles. The van der Waals surface area contributed by atoms with Gasteiger partial charge in [0.1, 0.15) is 5.15 Å². The second kappa shape index (κ2) is 5.71. The fraction of sp³-hybridized carbons (Fsp3) is 0.200. The van der Waals surface area contributed by atoms with Gasteiger partial charge in [-0.15, -0.1) is 0 Å². The number of nitrogens with one attached hydrogen (secondary N) is 2. The fourth-order valence-electron chi connectivity index (χ4n) is 2.51. The molecule has 21 heavy (non-hydrogen) atoms. The van der Waals surface area contributed by atoms with E-state index in [4.69, 9.17) is 11.6 Å². The van der Waals surface area contributed by atoms with Gasteiger partial charge in [-0.2, -0.15) is 0 Å². The standard InChI is InChI=1S/C15H14ClN3O2/c16-13-6-5-10(8-17-13)18-15(21)19-14-11-4-2-1-3-9(11)7-12(14)20/h1-6,8,12,14,20H,7H2,(H2,18,19,21)/t12-,14+/m0/s1. The summed E-state index contributed by atoms with van der Waals surface area (Å²) in [6, 6.07) is 10.2. The van der Waals surface area contributed by atoms with Gasteiger partial charge in [-0.3, -0.25) is 0 Å². The van der Waals surface area contributed by atoms with Crippen LogP contribution in [-0.2, 0) is 6.42 Å². The van der Waals surface area contributed by atoms with Crippen LogP contribution < -0.4 is 10.6 Å². The summed E-state index contributed by atoms with van der Waals surface area (Å²) < 4.78 is 0. The predicted molar refractivity (Wildman–Crippen MR) is 80.3 cm³/mol. The van der Waals surface area contributed by atoms with E-state index in [1.807, 2.05) is 24.3 Å². The van der Waals surface area contributed by atoms with Crippen LogP contribution in [0.15, 0.2) is 42.6 Å². The summed E-state index contributed by atoms with van der Waals surface area (Å²) >= 11 is 5.69. The lowest BCUT2D eigenvalue weighted by Crippen LogP contribution is -2.36. The van der Waals surface area contributed by atoms with Crippen LogP contribution in [0.3, 0.4) is 0 Å². The average Bonchev–Trinajstić information content (AvgIpc) is 2.78. The smallest absolute Gasteiger partial charge is 0.319 e. The molecule has 0 bridgehead atoms. The molecular weight excluding hydrogens is 290 g/mol. The Morgan fingerprint density at radius 3 is 2.86 bits per heavy atom. The molecule has 5 nitrogen and oxygen atoms in total. The van der Waals surface area contributed by atoms with Crippen molar-refractivity contribution < 1.29 is 9.90 Å². The summed E-state index contributed by atoms with van der Waals surface area (Å²) in [5, 5.41) is 15.9. The molecule has 0 saturated heterocycles. The van der Waals surface area contributed by atoms with Crippen LogP contribution in [-0.4, -0.2) is 22.2 Å². The average molecular weight is 304 g/mol. The topological polar surface area (TPSA) is 74.2 Å². The monoisotopic (exact) mass is 303 g/mol. The number of hydrogen-bond donors (Lipinski definition) is 3. The maximum Gasteiger partial charge on any atom is 0.319 e. The number of aliphatic hydroxyl groups is 1. The number of benzene rings is 1. The van der Waals surface area contributed by atoms with E-state index in [9.17, 15) is 9.90 Å². The molecule has 0 fully saturated rings. The van der Waals surface area contributed by atoms with E-state index in [0.29, 0.717) is 17.3 Å². The van der Waals surface area contributed by atoms with Crippen molar-refractivity contribution >= 4 is 23.3 Å². The summed E-state index contributed by atoms with van der Waals surface area (Å²) in [5.41, 5.74) is 2.55. The number of halogens is 1. The van der Waals surface area contributed by atoms with Gasteiger partial charge in [-0.1, -0.05) is 35.9 Å². The molecule has 2 amide bonds. The molecule has 0 radical (unpaired) electrons. The first kappa shape index (κ1) is 13.9. The van der Waals surface area contributed by atoms with Gasteiger partial charge in [0.2, 0.25) is 0 Å². The van der Waals surface area contributed by atoms with Gasteiger partial charge in [0.05, 0.1) is 24.0 Å². The van der Waals surface area contributed by atoms with Crippen LogP contribution in [0.4, 0.5) is 10.5 Å². The number of rotatable bonds is 2. The van der Waals surface area contributed by atoms with Crippen LogP contribution in [0.5, 0.6) is 0 Å². The highest BCUT2D eigenvalue weighted by molar-refractivity contribution is 6.29. The summed E-state index contributed by atoms with van der Waals surface area (Å²) in [7, 11) is 0. The molecule has 2 aromatic rings. The number of fused-ring (bicyclic) bond motifs is 1. The highest BCUT2D eigenvalue weighted by Gasteiger charge is 2.31. The Bertz CT molecular complexity index is 660. The maximum atomic E-state index is 12.0. The van der Waals surface area contributed by atoms with Gasteiger partial charge >= 0.3 is 6.03 Å². The van der Waals surface area contributed by atoms with Gasteiger partial charge in [0.15, 0.2) is 0 Å². The predicted octanol–water partition coefficient (Wildman–Crippen LogP) is 2.51. The Labute approximate surface area is 127 Å². The third-order valence-electron chi connectivity index (χ3n) is 3.48. The molecule has 108 valence electrons. The van der Waals surface area contributed by atoms with Crippen molar-refractivity contribution in [1.29, 1.82) is 0 Å². The summed E-state index contributed by atoms with van der Waals surface area (Å²) in [5.74, 6) is 0. The van der Waals surface area contributed by atoms with Gasteiger partial charge < -0.3 is 15.7 Å². The third kappa shape index (κ3) is 2.99. The first-order valence-electron chi connectivity index (χ1n) is 6.58. The van der Waals surface area contributed by atoms with Crippen molar-refractivity contribution in [3.8, 4) is 0 Å². The number of hydrogen-bond acceptors (Lipinski definition) is 3. The van der Waals surface area contributed by atoms with Crippen molar-refractivity contribution in [3.63, 3.8) is 0 Å². The Kier molecular flexibility index (Phi) is 3.77. The van der Waals surface area contributed by atoms with Gasteiger partial charge in [-0.05, 0) is 23.3 Å². The van der Waals surface area contributed by atoms with Crippen molar-refractivity contribution in [2.24, 2.45) is 0 Å². The molecule has 1 aromatic carbocycles. The minimum atomic E-state index is -0.614. The lowest BCUT2D eigenvalue weighted by atomic mass is 10.1. The molecule has 0 saturated carbocycles. The van der Waals surface area contributed by atoms with Crippen LogP contribution >= 0.6 is 11.6 Å². The number of pyridine rings is 1. The summed E-state index contributed by atoms with van der Waals surface area (Å²) in [6.45, 7) is 0. The van der Waals surface area contributed by atoms with Crippen LogP contribution in [0.1, 0.15) is 17.2 Å². The van der Waals surface area contributed by atoms with E-state index >= 15 is 0 Å². The number of aliphatic hydroxyl groups excluding tert-OH is 1. The molecule has 2 atom stereocenters. The van der Waals surface area contributed by atoms with Crippen molar-refractivity contribution in [2.45, 2.75) is 18.6 Å². The Hall–Kier alpha value is -2.11. The minimum Gasteiger partial charge on any atom is -0.390 e. The van der Waals surface area contributed by atoms with E-state index in [2.05, 4.69) is 15.6 Å². The normalized spacial score (nSPS) is 19.9. The SMILES string of the molecule is O=C(Nc1ccc(Cl)nc1)N[C@@H]1c2ccccc2C[C@@H]1O. The van der Waals surface area contributed by atoms with Crippen LogP contribution in [0.2, 0.25) is 5.15 Å². The quantitative estimate of drug-likeness (QED) is 0.746. The second-order valence-electron chi connectivity index (χ2n) is 4.92. The Morgan fingerprint density at radius 1 is 1.29 bits per heavy atom. The minimum absolute atomic E-state index is 0.362. The molecule has 1 aliphatic rings. The van der Waals surface area contributed by atoms with E-state index < -0.39 is 12.1 Å². The van der Waals surface area contributed by atoms with E-state index in [1.54, 1.807) is 12.1 Å². The van der Waals surface area contributed by atoms with E-state index in [0.717, 1.165) is 11.1 Å². The number of anilines is 1. The Balaban J connectivity index is 1.69. The molecule has 3 N–H and O–H groups in total. The zero-order valence-corrected chi connectivity index (χ0v) is 11.8. The van der Waals surface area contributed by atoms with E-state index in [-0.39, 0.29) is 6.03 Å². The molecular formula is C15H14ClN3O2. The molecule has 1 heterocycles. The number of carbonyl (C=O) groups is 1. The largest absolute Gasteiger partial charge is 0.390 e. The molecule has 3 rings (SSSR count). The number of nitrogens with zero attached hydrogens (tertiary/aromatic N) is 1. The van der Waals surface area contributed by atoms with Crippen LogP contribution in [0, 0.1) is 0 Å². The third-order valence-corrected chi connectivity index (χ3v) is 3.70. The number of aromatic nitrogens is 1. The zero-order chi connectivity index (χ0) is 14.8. The second-order valence-corrected chi connectivity index (χ2v) is 5.30. The van der Waals surface area contributed by atoms with Gasteiger partial charge in [0, 0.05) is 6.42 Å². The highest BCUT2D eigenvalue weighted by Crippen LogP contribution is 2.31.